The first kappa shape index (κ1) is 19.2. The standard InChI is InChI=1S/C18H25N3O3S/c1-13-6-7-14(2)21(13)18-15(8-11-25-18)17(23)20(3)12-16(22)19-9-5-10-24-4/h6-8,11H,5,9-10,12H2,1-4H3,(H,19,22). The van der Waals surface area contributed by atoms with Crippen LogP contribution in [-0.4, -0.2) is 55.1 Å². The number of thiophene rings is 1. The van der Waals surface area contributed by atoms with Crippen molar-refractivity contribution in [1.29, 1.82) is 0 Å². The largest absolute Gasteiger partial charge is 0.385 e. The van der Waals surface area contributed by atoms with Crippen molar-refractivity contribution in [2.75, 3.05) is 33.9 Å². The van der Waals surface area contributed by atoms with Gasteiger partial charge in [0, 0.05) is 38.7 Å². The fourth-order valence-corrected chi connectivity index (χ4v) is 3.63. The van der Waals surface area contributed by atoms with Crippen LogP contribution < -0.4 is 5.32 Å². The van der Waals surface area contributed by atoms with Crippen LogP contribution in [0.25, 0.3) is 5.00 Å². The number of nitrogens with zero attached hydrogens (tertiary/aromatic N) is 2. The maximum Gasteiger partial charge on any atom is 0.257 e. The molecule has 0 atom stereocenters. The molecule has 2 aromatic heterocycles. The van der Waals surface area contributed by atoms with Gasteiger partial charge in [-0.25, -0.2) is 0 Å². The minimum atomic E-state index is -0.169. The molecule has 0 unspecified atom stereocenters. The number of nitrogens with one attached hydrogen (secondary N) is 1. The monoisotopic (exact) mass is 363 g/mol. The first-order chi connectivity index (χ1) is 12.0. The van der Waals surface area contributed by atoms with E-state index < -0.39 is 0 Å². The highest BCUT2D eigenvalue weighted by Crippen LogP contribution is 2.26. The highest BCUT2D eigenvalue weighted by molar-refractivity contribution is 7.13. The van der Waals surface area contributed by atoms with Crippen molar-refractivity contribution in [3.8, 4) is 5.00 Å². The summed E-state index contributed by atoms with van der Waals surface area (Å²) < 4.78 is 7.01. The van der Waals surface area contributed by atoms with E-state index in [4.69, 9.17) is 4.74 Å². The van der Waals surface area contributed by atoms with Gasteiger partial charge >= 0.3 is 0 Å². The number of aromatic nitrogens is 1. The van der Waals surface area contributed by atoms with Crippen LogP contribution >= 0.6 is 11.3 Å². The summed E-state index contributed by atoms with van der Waals surface area (Å²) in [6, 6.07) is 5.87. The Hall–Kier alpha value is -2.12. The number of hydrogen-bond acceptors (Lipinski definition) is 4. The van der Waals surface area contributed by atoms with Crippen molar-refractivity contribution >= 4 is 23.2 Å². The summed E-state index contributed by atoms with van der Waals surface area (Å²) in [7, 11) is 3.27. The minimum absolute atomic E-state index is 0.0325. The van der Waals surface area contributed by atoms with Crippen LogP contribution in [0.3, 0.4) is 0 Å². The molecule has 7 heteroatoms. The average molecular weight is 363 g/mol. The zero-order chi connectivity index (χ0) is 18.4. The van der Waals surface area contributed by atoms with Gasteiger partial charge in [-0.2, -0.15) is 0 Å². The Morgan fingerprint density at radius 2 is 1.92 bits per heavy atom. The Labute approximate surface area is 152 Å². The lowest BCUT2D eigenvalue weighted by Gasteiger charge is -2.18. The Balaban J connectivity index is 2.04. The summed E-state index contributed by atoms with van der Waals surface area (Å²) in [5, 5.41) is 5.58. The van der Waals surface area contributed by atoms with Crippen LogP contribution in [0, 0.1) is 13.8 Å². The lowest BCUT2D eigenvalue weighted by molar-refractivity contribution is -0.121. The van der Waals surface area contributed by atoms with E-state index in [1.807, 2.05) is 37.4 Å². The molecule has 0 fully saturated rings. The van der Waals surface area contributed by atoms with Gasteiger partial charge in [0.05, 0.1) is 12.1 Å². The van der Waals surface area contributed by atoms with Gasteiger partial charge in [-0.3, -0.25) is 9.59 Å². The highest BCUT2D eigenvalue weighted by Gasteiger charge is 2.21. The molecule has 0 aromatic carbocycles. The van der Waals surface area contributed by atoms with Gasteiger partial charge in [-0.15, -0.1) is 11.3 Å². The molecule has 0 bridgehead atoms. The van der Waals surface area contributed by atoms with E-state index in [1.54, 1.807) is 14.2 Å². The van der Waals surface area contributed by atoms with E-state index >= 15 is 0 Å². The summed E-state index contributed by atoms with van der Waals surface area (Å²) in [4.78, 5) is 26.2. The first-order valence-electron chi connectivity index (χ1n) is 8.19. The van der Waals surface area contributed by atoms with Crippen molar-refractivity contribution in [3.05, 3.63) is 40.5 Å². The number of aryl methyl sites for hydroxylation is 2. The molecule has 2 aromatic rings. The Morgan fingerprint density at radius 1 is 1.24 bits per heavy atom. The fraction of sp³-hybridized carbons (Fsp3) is 0.444. The van der Waals surface area contributed by atoms with E-state index in [-0.39, 0.29) is 18.4 Å². The fourth-order valence-electron chi connectivity index (χ4n) is 2.62. The molecule has 2 amide bonds. The van der Waals surface area contributed by atoms with Gasteiger partial charge in [-0.1, -0.05) is 0 Å². The second-order valence-corrected chi connectivity index (χ2v) is 6.84. The normalized spacial score (nSPS) is 10.7. The van der Waals surface area contributed by atoms with Gasteiger partial charge in [0.2, 0.25) is 5.91 Å². The Morgan fingerprint density at radius 3 is 2.56 bits per heavy atom. The van der Waals surface area contributed by atoms with Gasteiger partial charge < -0.3 is 19.5 Å². The molecule has 0 saturated carbocycles. The quantitative estimate of drug-likeness (QED) is 0.733. The SMILES string of the molecule is COCCCNC(=O)CN(C)C(=O)c1ccsc1-n1c(C)ccc1C. The highest BCUT2D eigenvalue weighted by atomic mass is 32.1. The molecule has 0 saturated heterocycles. The third-order valence-electron chi connectivity index (χ3n) is 3.92. The second kappa shape index (κ2) is 8.82. The van der Waals surface area contributed by atoms with Gasteiger partial charge in [-0.05, 0) is 43.8 Å². The smallest absolute Gasteiger partial charge is 0.257 e. The molecular formula is C18H25N3O3S. The summed E-state index contributed by atoms with van der Waals surface area (Å²) in [5.41, 5.74) is 2.77. The zero-order valence-electron chi connectivity index (χ0n) is 15.2. The van der Waals surface area contributed by atoms with Crippen molar-refractivity contribution < 1.29 is 14.3 Å². The number of ether oxygens (including phenoxy) is 1. The van der Waals surface area contributed by atoms with Crippen molar-refractivity contribution in [3.63, 3.8) is 0 Å². The topological polar surface area (TPSA) is 63.6 Å². The lowest BCUT2D eigenvalue weighted by Crippen LogP contribution is -2.39. The molecule has 136 valence electrons. The summed E-state index contributed by atoms with van der Waals surface area (Å²) in [6.45, 7) is 5.20. The molecule has 2 heterocycles. The molecule has 2 rings (SSSR count). The number of carbonyl (C=O) groups is 2. The second-order valence-electron chi connectivity index (χ2n) is 5.95. The molecular weight excluding hydrogens is 338 g/mol. The van der Waals surface area contributed by atoms with E-state index in [1.165, 1.54) is 16.2 Å². The number of likely N-dealkylation sites (N-methyl/N-ethyl adjacent to an activating group) is 1. The molecule has 0 spiro atoms. The van der Waals surface area contributed by atoms with Crippen LogP contribution in [0.4, 0.5) is 0 Å². The number of carbonyl (C=O) groups excluding carboxylic acids is 2. The van der Waals surface area contributed by atoms with Crippen LogP contribution in [0.2, 0.25) is 0 Å². The maximum atomic E-state index is 12.8. The van der Waals surface area contributed by atoms with Crippen molar-refractivity contribution in [2.24, 2.45) is 0 Å². The molecule has 0 aliphatic rings. The summed E-state index contributed by atoms with van der Waals surface area (Å²) in [5.74, 6) is -0.326. The minimum Gasteiger partial charge on any atom is -0.385 e. The summed E-state index contributed by atoms with van der Waals surface area (Å²) in [6.07, 6.45) is 0.751. The lowest BCUT2D eigenvalue weighted by atomic mass is 10.2. The molecule has 0 aliphatic heterocycles. The van der Waals surface area contributed by atoms with Gasteiger partial charge in [0.1, 0.15) is 5.00 Å². The number of methoxy groups -OCH3 is 1. The van der Waals surface area contributed by atoms with Crippen LogP contribution in [0.15, 0.2) is 23.6 Å². The Bertz CT molecular complexity index is 716. The van der Waals surface area contributed by atoms with Crippen molar-refractivity contribution in [1.82, 2.24) is 14.8 Å². The number of amides is 2. The molecule has 6 nitrogen and oxygen atoms in total. The van der Waals surface area contributed by atoms with Crippen LogP contribution in [0.1, 0.15) is 28.2 Å². The van der Waals surface area contributed by atoms with Crippen LogP contribution in [0.5, 0.6) is 0 Å². The van der Waals surface area contributed by atoms with Crippen LogP contribution in [-0.2, 0) is 9.53 Å². The predicted molar refractivity (Wildman–Crippen MR) is 99.6 cm³/mol. The van der Waals surface area contributed by atoms with E-state index in [2.05, 4.69) is 9.88 Å². The van der Waals surface area contributed by atoms with Gasteiger partial charge in [0.15, 0.2) is 0 Å². The third-order valence-corrected chi connectivity index (χ3v) is 4.82. The molecule has 1 N–H and O–H groups in total. The molecule has 0 radical (unpaired) electrons. The van der Waals surface area contributed by atoms with E-state index in [0.717, 1.165) is 22.8 Å². The Kier molecular flexibility index (Phi) is 6.78. The van der Waals surface area contributed by atoms with Crippen molar-refractivity contribution in [2.45, 2.75) is 20.3 Å². The number of rotatable bonds is 8. The predicted octanol–water partition coefficient (Wildman–Crippen LogP) is 2.38. The zero-order valence-corrected chi connectivity index (χ0v) is 16.0. The average Bonchev–Trinajstić information content (AvgIpc) is 3.17. The number of hydrogen-bond donors (Lipinski definition) is 1. The summed E-state index contributed by atoms with van der Waals surface area (Å²) >= 11 is 1.52. The molecule has 0 aliphatic carbocycles. The van der Waals surface area contributed by atoms with Gasteiger partial charge in [0.25, 0.3) is 5.91 Å². The molecule has 25 heavy (non-hydrogen) atoms. The third kappa shape index (κ3) is 4.70. The van der Waals surface area contributed by atoms with E-state index in [9.17, 15) is 9.59 Å². The van der Waals surface area contributed by atoms with E-state index in [0.29, 0.717) is 18.7 Å². The first-order valence-corrected chi connectivity index (χ1v) is 9.07. The maximum absolute atomic E-state index is 12.8.